The Morgan fingerprint density at radius 2 is 2.00 bits per heavy atom. The summed E-state index contributed by atoms with van der Waals surface area (Å²) in [6.45, 7) is 0.407. The third-order valence-corrected chi connectivity index (χ3v) is 3.52. The Morgan fingerprint density at radius 3 is 2.67 bits per heavy atom. The molecule has 2 rings (SSSR count). The lowest BCUT2D eigenvalue weighted by Gasteiger charge is -2.03. The van der Waals surface area contributed by atoms with E-state index in [1.54, 1.807) is 30.3 Å². The molecule has 0 spiro atoms. The summed E-state index contributed by atoms with van der Waals surface area (Å²) in [4.78, 5) is 12.8. The van der Waals surface area contributed by atoms with Crippen molar-refractivity contribution in [2.24, 2.45) is 5.84 Å². The minimum atomic E-state index is -0.294. The molecule has 0 aliphatic carbocycles. The molecule has 6 heteroatoms. The van der Waals surface area contributed by atoms with Crippen molar-refractivity contribution in [1.82, 2.24) is 5.43 Å². The quantitative estimate of drug-likeness (QED) is 0.515. The zero-order chi connectivity index (χ0) is 13.0. The number of thiophene rings is 1. The first-order chi connectivity index (χ1) is 8.69. The van der Waals surface area contributed by atoms with Crippen LogP contribution in [0.25, 0.3) is 0 Å². The van der Waals surface area contributed by atoms with E-state index in [9.17, 15) is 4.79 Å². The highest BCUT2D eigenvalue weighted by molar-refractivity contribution is 7.14. The van der Waals surface area contributed by atoms with Gasteiger partial charge in [-0.25, -0.2) is 5.84 Å². The van der Waals surface area contributed by atoms with Crippen LogP contribution in [0.5, 0.6) is 5.75 Å². The number of hydrogen-bond donors (Lipinski definition) is 2. The number of halogens is 1. The van der Waals surface area contributed by atoms with Gasteiger partial charge in [-0.3, -0.25) is 10.2 Å². The molecule has 0 aliphatic heterocycles. The Morgan fingerprint density at radius 1 is 1.28 bits per heavy atom. The Labute approximate surface area is 113 Å². The van der Waals surface area contributed by atoms with Crippen molar-refractivity contribution < 1.29 is 9.53 Å². The van der Waals surface area contributed by atoms with Gasteiger partial charge >= 0.3 is 0 Å². The molecule has 0 radical (unpaired) electrons. The van der Waals surface area contributed by atoms with Crippen LogP contribution in [-0.4, -0.2) is 5.91 Å². The topological polar surface area (TPSA) is 64.3 Å². The van der Waals surface area contributed by atoms with Crippen molar-refractivity contribution in [3.05, 3.63) is 51.2 Å². The number of amides is 1. The molecular weight excluding hydrogens is 272 g/mol. The summed E-state index contributed by atoms with van der Waals surface area (Å²) in [6, 6.07) is 10.7. The zero-order valence-electron chi connectivity index (χ0n) is 9.35. The molecule has 0 saturated carbocycles. The molecule has 2 aromatic rings. The molecule has 18 heavy (non-hydrogen) atoms. The fourth-order valence-electron chi connectivity index (χ4n) is 1.33. The van der Waals surface area contributed by atoms with Crippen molar-refractivity contribution in [2.45, 2.75) is 6.61 Å². The maximum absolute atomic E-state index is 11.3. The van der Waals surface area contributed by atoms with E-state index >= 15 is 0 Å². The van der Waals surface area contributed by atoms with Crippen LogP contribution in [0.2, 0.25) is 5.02 Å². The number of carbonyl (C=O) groups is 1. The van der Waals surface area contributed by atoms with Crippen LogP contribution in [0, 0.1) is 0 Å². The van der Waals surface area contributed by atoms with Gasteiger partial charge in [-0.1, -0.05) is 11.6 Å². The van der Waals surface area contributed by atoms with Crippen molar-refractivity contribution in [3.8, 4) is 5.75 Å². The Balaban J connectivity index is 1.96. The van der Waals surface area contributed by atoms with Crippen LogP contribution in [0.3, 0.4) is 0 Å². The van der Waals surface area contributed by atoms with E-state index in [1.807, 2.05) is 6.07 Å². The van der Waals surface area contributed by atoms with E-state index in [0.29, 0.717) is 16.5 Å². The van der Waals surface area contributed by atoms with Gasteiger partial charge < -0.3 is 4.74 Å². The number of rotatable bonds is 4. The number of nitrogens with one attached hydrogen (secondary N) is 1. The lowest BCUT2D eigenvalue weighted by molar-refractivity contribution is 0.0957. The Hall–Kier alpha value is -1.56. The van der Waals surface area contributed by atoms with E-state index in [4.69, 9.17) is 22.2 Å². The fraction of sp³-hybridized carbons (Fsp3) is 0.0833. The Bertz CT molecular complexity index is 539. The molecular formula is C12H11ClN2O2S. The summed E-state index contributed by atoms with van der Waals surface area (Å²) in [6.07, 6.45) is 0. The predicted molar refractivity (Wildman–Crippen MR) is 71.8 cm³/mol. The Kier molecular flexibility index (Phi) is 4.19. The molecule has 1 amide bonds. The van der Waals surface area contributed by atoms with E-state index in [1.165, 1.54) is 11.3 Å². The van der Waals surface area contributed by atoms with Crippen molar-refractivity contribution in [1.29, 1.82) is 0 Å². The third-order valence-electron chi connectivity index (χ3n) is 2.21. The first kappa shape index (κ1) is 12.9. The standard InChI is InChI=1S/C12H11ClN2O2S/c13-8-1-3-9(4-2-8)17-7-10-5-6-11(18-10)12(16)15-14/h1-6H,7,14H2,(H,15,16). The van der Waals surface area contributed by atoms with Gasteiger partial charge in [0.25, 0.3) is 5.91 Å². The highest BCUT2D eigenvalue weighted by Gasteiger charge is 2.07. The molecule has 1 aromatic carbocycles. The first-order valence-corrected chi connectivity index (χ1v) is 6.36. The van der Waals surface area contributed by atoms with Crippen LogP contribution in [-0.2, 0) is 6.61 Å². The van der Waals surface area contributed by atoms with Crippen LogP contribution in [0.1, 0.15) is 14.5 Å². The van der Waals surface area contributed by atoms with Crippen LogP contribution < -0.4 is 16.0 Å². The molecule has 0 unspecified atom stereocenters. The maximum Gasteiger partial charge on any atom is 0.275 e. The van der Waals surface area contributed by atoms with E-state index < -0.39 is 0 Å². The van der Waals surface area contributed by atoms with E-state index in [2.05, 4.69) is 5.43 Å². The number of nitrogens with two attached hydrogens (primary N) is 1. The second-order valence-electron chi connectivity index (χ2n) is 3.48. The molecule has 3 N–H and O–H groups in total. The number of ether oxygens (including phenoxy) is 1. The normalized spacial score (nSPS) is 10.1. The molecule has 94 valence electrons. The van der Waals surface area contributed by atoms with E-state index in [0.717, 1.165) is 10.6 Å². The van der Waals surface area contributed by atoms with Crippen LogP contribution in [0.4, 0.5) is 0 Å². The van der Waals surface area contributed by atoms with Crippen molar-refractivity contribution in [3.63, 3.8) is 0 Å². The summed E-state index contributed by atoms with van der Waals surface area (Å²) in [5.74, 6) is 5.50. The minimum Gasteiger partial charge on any atom is -0.488 e. The summed E-state index contributed by atoms with van der Waals surface area (Å²) in [5, 5.41) is 0.667. The maximum atomic E-state index is 11.3. The monoisotopic (exact) mass is 282 g/mol. The SMILES string of the molecule is NNC(=O)c1ccc(COc2ccc(Cl)cc2)s1. The average molecular weight is 283 g/mol. The second kappa shape index (κ2) is 5.86. The fourth-order valence-corrected chi connectivity index (χ4v) is 2.28. The summed E-state index contributed by atoms with van der Waals surface area (Å²) < 4.78 is 5.56. The van der Waals surface area contributed by atoms with E-state index in [-0.39, 0.29) is 5.91 Å². The highest BCUT2D eigenvalue weighted by atomic mass is 35.5. The predicted octanol–water partition coefficient (Wildman–Crippen LogP) is 2.58. The average Bonchev–Trinajstić information content (AvgIpc) is 2.86. The van der Waals surface area contributed by atoms with Crippen LogP contribution >= 0.6 is 22.9 Å². The number of carbonyl (C=O) groups excluding carboxylic acids is 1. The lowest BCUT2D eigenvalue weighted by Crippen LogP contribution is -2.29. The first-order valence-electron chi connectivity index (χ1n) is 5.17. The molecule has 0 aliphatic rings. The number of hydrazine groups is 1. The van der Waals surface area contributed by atoms with Crippen LogP contribution in [0.15, 0.2) is 36.4 Å². The number of nitrogen functional groups attached to an aromatic ring is 1. The number of benzene rings is 1. The van der Waals surface area contributed by atoms with Gasteiger partial charge in [0.2, 0.25) is 0 Å². The summed E-state index contributed by atoms with van der Waals surface area (Å²) >= 11 is 7.12. The van der Waals surface area contributed by atoms with Gasteiger partial charge in [0, 0.05) is 9.90 Å². The van der Waals surface area contributed by atoms with Gasteiger partial charge in [0.1, 0.15) is 12.4 Å². The molecule has 0 bridgehead atoms. The van der Waals surface area contributed by atoms with Gasteiger partial charge in [-0.2, -0.15) is 0 Å². The summed E-state index contributed by atoms with van der Waals surface area (Å²) in [5.41, 5.74) is 2.09. The van der Waals surface area contributed by atoms with Crippen molar-refractivity contribution >= 4 is 28.8 Å². The largest absolute Gasteiger partial charge is 0.488 e. The summed E-state index contributed by atoms with van der Waals surface area (Å²) in [7, 11) is 0. The molecule has 0 saturated heterocycles. The molecule has 1 heterocycles. The molecule has 4 nitrogen and oxygen atoms in total. The van der Waals surface area contributed by atoms with Gasteiger partial charge in [-0.05, 0) is 36.4 Å². The third kappa shape index (κ3) is 3.22. The smallest absolute Gasteiger partial charge is 0.275 e. The minimum absolute atomic E-state index is 0.294. The molecule has 0 atom stereocenters. The molecule has 1 aromatic heterocycles. The van der Waals surface area contributed by atoms with Crippen molar-refractivity contribution in [2.75, 3.05) is 0 Å². The van der Waals surface area contributed by atoms with Gasteiger partial charge in [0.05, 0.1) is 4.88 Å². The van der Waals surface area contributed by atoms with Gasteiger partial charge in [-0.15, -0.1) is 11.3 Å². The zero-order valence-corrected chi connectivity index (χ0v) is 10.9. The lowest BCUT2D eigenvalue weighted by atomic mass is 10.3. The second-order valence-corrected chi connectivity index (χ2v) is 5.09. The highest BCUT2D eigenvalue weighted by Crippen LogP contribution is 2.20. The number of hydrogen-bond acceptors (Lipinski definition) is 4. The van der Waals surface area contributed by atoms with Gasteiger partial charge in [0.15, 0.2) is 0 Å². The molecule has 0 fully saturated rings.